The number of nitrogens with one attached hydrogen (secondary N) is 2. The number of H-pyrrole nitrogens is 1. The first-order valence-electron chi connectivity index (χ1n) is 6.53. The summed E-state index contributed by atoms with van der Waals surface area (Å²) < 4.78 is 34.2. The number of hydrogen-bond acceptors (Lipinski definition) is 5. The van der Waals surface area contributed by atoms with Crippen molar-refractivity contribution in [3.8, 4) is 0 Å². The molecule has 0 spiro atoms. The second kappa shape index (κ2) is 11.2. The minimum Gasteiger partial charge on any atom is -0.726 e. The van der Waals surface area contributed by atoms with Gasteiger partial charge in [0.2, 0.25) is 10.4 Å². The molecule has 1 heterocycles. The third-order valence-corrected chi connectivity index (χ3v) is 2.79. The molecule has 1 aromatic rings. The highest BCUT2D eigenvalue weighted by atomic mass is 32.3. The number of hydrogen-bond donors (Lipinski definition) is 2. The van der Waals surface area contributed by atoms with Crippen LogP contribution in [0.25, 0.3) is 0 Å². The van der Waals surface area contributed by atoms with Gasteiger partial charge in [-0.3, -0.25) is 4.18 Å². The molecule has 0 amide bonds. The number of aromatic amines is 1. The Hall–Kier alpha value is -1.48. The normalized spacial score (nSPS) is 10.6. The third kappa shape index (κ3) is 10.9. The van der Waals surface area contributed by atoms with Gasteiger partial charge >= 0.3 is 0 Å². The van der Waals surface area contributed by atoms with Gasteiger partial charge in [0.25, 0.3) is 5.82 Å². The van der Waals surface area contributed by atoms with Crippen LogP contribution >= 0.6 is 0 Å². The van der Waals surface area contributed by atoms with Crippen molar-refractivity contribution in [3.63, 3.8) is 0 Å². The molecule has 0 aliphatic heterocycles. The molecule has 1 rings (SSSR count). The maximum atomic E-state index is 9.45. The summed E-state index contributed by atoms with van der Waals surface area (Å²) in [5.41, 5.74) is 0. The Labute approximate surface area is 126 Å². The molecule has 0 aliphatic rings. The molecule has 0 aliphatic carbocycles. The van der Waals surface area contributed by atoms with Crippen molar-refractivity contribution in [2.24, 2.45) is 0 Å². The van der Waals surface area contributed by atoms with Crippen LogP contribution in [-0.2, 0) is 27.5 Å². The predicted octanol–water partition coefficient (Wildman–Crippen LogP) is 0.289. The third-order valence-electron chi connectivity index (χ3n) is 2.27. The Morgan fingerprint density at radius 2 is 2.19 bits per heavy atom. The topological polar surface area (TPSA) is 98.1 Å². The summed E-state index contributed by atoms with van der Waals surface area (Å²) >= 11 is 0. The molecule has 0 saturated heterocycles. The van der Waals surface area contributed by atoms with E-state index in [1.807, 2.05) is 24.5 Å². The molecule has 0 aromatic carbocycles. The molecule has 0 bridgehead atoms. The van der Waals surface area contributed by atoms with Gasteiger partial charge in [0.05, 0.1) is 13.0 Å². The van der Waals surface area contributed by atoms with E-state index in [-0.39, 0.29) is 6.61 Å². The fourth-order valence-electron chi connectivity index (χ4n) is 1.48. The van der Waals surface area contributed by atoms with Gasteiger partial charge in [-0.15, -0.1) is 6.58 Å². The predicted molar refractivity (Wildman–Crippen MR) is 79.3 cm³/mol. The molecular formula is C13H23N3O4S. The van der Waals surface area contributed by atoms with Crippen LogP contribution in [0.2, 0.25) is 0 Å². The molecule has 1 aromatic heterocycles. The zero-order chi connectivity index (χ0) is 16.1. The lowest BCUT2D eigenvalue weighted by Gasteiger charge is -2.02. The van der Waals surface area contributed by atoms with Gasteiger partial charge in [0, 0.05) is 13.1 Å². The summed E-state index contributed by atoms with van der Waals surface area (Å²) in [7, 11) is -4.42. The maximum Gasteiger partial charge on any atom is 0.255 e. The molecular weight excluding hydrogens is 294 g/mol. The van der Waals surface area contributed by atoms with Crippen molar-refractivity contribution < 1.29 is 21.7 Å². The minimum absolute atomic E-state index is 0.0914. The van der Waals surface area contributed by atoms with Crippen molar-refractivity contribution in [1.29, 1.82) is 0 Å². The van der Waals surface area contributed by atoms with Crippen LogP contribution < -0.4 is 9.88 Å². The van der Waals surface area contributed by atoms with Gasteiger partial charge < -0.3 is 9.87 Å². The minimum atomic E-state index is -4.42. The van der Waals surface area contributed by atoms with E-state index in [1.54, 1.807) is 0 Å². The Balaban J connectivity index is 0.000000486. The fourth-order valence-corrected chi connectivity index (χ4v) is 1.77. The lowest BCUT2D eigenvalue weighted by molar-refractivity contribution is -0.693. The second-order valence-corrected chi connectivity index (χ2v) is 4.96. The van der Waals surface area contributed by atoms with Crippen LogP contribution in [0.5, 0.6) is 0 Å². The Kier molecular flexibility index (Phi) is 10.4. The number of allylic oxidation sites excluding steroid dienone is 1. The fraction of sp³-hybridized carbons (Fsp3) is 0.462. The summed E-state index contributed by atoms with van der Waals surface area (Å²) in [5, 5.41) is 3.27. The van der Waals surface area contributed by atoms with Crippen LogP contribution in [0.1, 0.15) is 12.7 Å². The highest BCUT2D eigenvalue weighted by Crippen LogP contribution is 1.87. The van der Waals surface area contributed by atoms with Crippen LogP contribution in [0, 0.1) is 0 Å². The molecule has 0 unspecified atom stereocenters. The molecule has 2 N–H and O–H groups in total. The zero-order valence-corrected chi connectivity index (χ0v) is 13.1. The van der Waals surface area contributed by atoms with Crippen molar-refractivity contribution in [2.45, 2.75) is 19.9 Å². The average molecular weight is 317 g/mol. The first-order chi connectivity index (χ1) is 9.94. The van der Waals surface area contributed by atoms with E-state index in [4.69, 9.17) is 0 Å². The largest absolute Gasteiger partial charge is 0.726 e. The van der Waals surface area contributed by atoms with Gasteiger partial charge in [0.15, 0.2) is 0 Å². The summed E-state index contributed by atoms with van der Waals surface area (Å²) in [6.07, 6.45) is 8.74. The zero-order valence-electron chi connectivity index (χ0n) is 12.2. The number of nitrogens with zero attached hydrogens (tertiary/aromatic N) is 1. The van der Waals surface area contributed by atoms with Crippen molar-refractivity contribution in [2.75, 3.05) is 19.7 Å². The smallest absolute Gasteiger partial charge is 0.255 e. The molecule has 0 fully saturated rings. The van der Waals surface area contributed by atoms with E-state index in [9.17, 15) is 13.0 Å². The van der Waals surface area contributed by atoms with Gasteiger partial charge in [-0.2, -0.15) is 0 Å². The summed E-state index contributed by atoms with van der Waals surface area (Å²) in [4.78, 5) is 3.22. The molecule has 120 valence electrons. The SMILES string of the molecule is C=CCNCCc1[nH]cc[n+]1CC=C.CCOS(=O)(=O)[O-]. The Morgan fingerprint density at radius 3 is 2.67 bits per heavy atom. The van der Waals surface area contributed by atoms with E-state index >= 15 is 0 Å². The van der Waals surface area contributed by atoms with E-state index in [0.717, 1.165) is 26.1 Å². The van der Waals surface area contributed by atoms with Gasteiger partial charge in [0.1, 0.15) is 18.9 Å². The highest BCUT2D eigenvalue weighted by Gasteiger charge is 2.07. The van der Waals surface area contributed by atoms with Crippen molar-refractivity contribution >= 4 is 10.4 Å². The van der Waals surface area contributed by atoms with Crippen LogP contribution in [0.3, 0.4) is 0 Å². The number of rotatable bonds is 9. The van der Waals surface area contributed by atoms with Gasteiger partial charge in [-0.05, 0) is 6.92 Å². The standard InChI is InChI=1S/C11H17N3.C2H6O4S/c1-3-6-12-7-5-11-13-8-10-14(11)9-4-2;1-2-6-7(3,4)5/h3-4,8,10,12H,1-2,5-7,9H2;2H2,1H3,(H,3,4,5). The maximum absolute atomic E-state index is 9.45. The van der Waals surface area contributed by atoms with Gasteiger partial charge in [-0.1, -0.05) is 18.7 Å². The molecule has 8 heteroatoms. The molecule has 0 saturated carbocycles. The van der Waals surface area contributed by atoms with Crippen LogP contribution in [-0.4, -0.2) is 37.7 Å². The summed E-state index contributed by atoms with van der Waals surface area (Å²) in [6.45, 7) is 11.4. The lowest BCUT2D eigenvalue weighted by atomic mass is 10.4. The van der Waals surface area contributed by atoms with Gasteiger partial charge in [-0.25, -0.2) is 18.0 Å². The monoisotopic (exact) mass is 317 g/mol. The highest BCUT2D eigenvalue weighted by molar-refractivity contribution is 7.80. The van der Waals surface area contributed by atoms with E-state index in [1.165, 1.54) is 12.7 Å². The molecule has 7 nitrogen and oxygen atoms in total. The second-order valence-electron chi connectivity index (χ2n) is 3.91. The quantitative estimate of drug-likeness (QED) is 0.224. The average Bonchev–Trinajstić information content (AvgIpc) is 2.82. The first kappa shape index (κ1) is 19.5. The molecule has 21 heavy (non-hydrogen) atoms. The van der Waals surface area contributed by atoms with Crippen LogP contribution in [0.15, 0.2) is 37.7 Å². The number of imidazole rings is 1. The van der Waals surface area contributed by atoms with E-state index in [2.05, 4.69) is 32.2 Å². The van der Waals surface area contributed by atoms with Crippen molar-refractivity contribution in [3.05, 3.63) is 43.5 Å². The first-order valence-corrected chi connectivity index (χ1v) is 7.86. The molecule has 0 atom stereocenters. The van der Waals surface area contributed by atoms with Crippen LogP contribution in [0.4, 0.5) is 0 Å². The Bertz CT molecular complexity index is 511. The Morgan fingerprint density at radius 1 is 1.48 bits per heavy atom. The number of aromatic nitrogens is 2. The summed E-state index contributed by atoms with van der Waals surface area (Å²) in [5.74, 6) is 1.22. The van der Waals surface area contributed by atoms with E-state index < -0.39 is 10.4 Å². The lowest BCUT2D eigenvalue weighted by Crippen LogP contribution is -2.36. The molecule has 0 radical (unpaired) electrons. The summed E-state index contributed by atoms with van der Waals surface area (Å²) in [6, 6.07) is 0. The van der Waals surface area contributed by atoms with E-state index in [0.29, 0.717) is 0 Å². The van der Waals surface area contributed by atoms with Crippen molar-refractivity contribution in [1.82, 2.24) is 10.3 Å².